The molecule has 5 heteroatoms. The molecule has 3 aromatic rings. The van der Waals surface area contributed by atoms with E-state index in [-0.39, 0.29) is 0 Å². The molecule has 0 amide bonds. The number of fused-ring (bicyclic) bond motifs is 1. The second-order valence-electron chi connectivity index (χ2n) is 3.77. The molecule has 0 unspecified atom stereocenters. The molecule has 3 rings (SSSR count). The van der Waals surface area contributed by atoms with Crippen molar-refractivity contribution in [1.82, 2.24) is 19.6 Å². The van der Waals surface area contributed by atoms with Gasteiger partial charge in [-0.25, -0.2) is 14.5 Å². The van der Waals surface area contributed by atoms with Crippen LogP contribution in [0.3, 0.4) is 0 Å². The molecule has 0 bridgehead atoms. The van der Waals surface area contributed by atoms with E-state index in [2.05, 4.69) is 20.4 Å². The van der Waals surface area contributed by atoms with Crippen LogP contribution < -0.4 is 5.32 Å². The summed E-state index contributed by atoms with van der Waals surface area (Å²) in [7, 11) is 0. The maximum Gasteiger partial charge on any atom is 0.155 e. The van der Waals surface area contributed by atoms with Crippen LogP contribution in [0.25, 0.3) is 5.65 Å². The van der Waals surface area contributed by atoms with Gasteiger partial charge in [-0.1, -0.05) is 6.07 Å². The first kappa shape index (κ1) is 9.77. The number of aromatic nitrogens is 4. The zero-order chi connectivity index (χ0) is 11.7. The Bertz CT molecular complexity index is 644. The highest BCUT2D eigenvalue weighted by molar-refractivity contribution is 5.59. The maximum atomic E-state index is 4.36. The number of hydrogen-bond acceptors (Lipinski definition) is 4. The van der Waals surface area contributed by atoms with Crippen molar-refractivity contribution in [2.24, 2.45) is 0 Å². The molecule has 0 saturated heterocycles. The van der Waals surface area contributed by atoms with Crippen LogP contribution in [0.5, 0.6) is 0 Å². The molecule has 0 aliphatic carbocycles. The summed E-state index contributed by atoms with van der Waals surface area (Å²) in [5.74, 6) is 0.793. The minimum absolute atomic E-state index is 0.793. The van der Waals surface area contributed by atoms with Crippen LogP contribution in [-0.2, 0) is 0 Å². The lowest BCUT2D eigenvalue weighted by Crippen LogP contribution is -1.96. The highest BCUT2D eigenvalue weighted by Gasteiger charge is 2.01. The van der Waals surface area contributed by atoms with Gasteiger partial charge in [0.15, 0.2) is 5.65 Å². The molecular weight excluding hydrogens is 214 g/mol. The van der Waals surface area contributed by atoms with E-state index in [1.54, 1.807) is 16.9 Å². The van der Waals surface area contributed by atoms with Gasteiger partial charge in [-0.15, -0.1) is 0 Å². The monoisotopic (exact) mass is 225 g/mol. The minimum Gasteiger partial charge on any atom is -0.339 e. The Labute approximate surface area is 98.1 Å². The molecule has 0 aliphatic heterocycles. The first-order valence-corrected chi connectivity index (χ1v) is 5.31. The van der Waals surface area contributed by atoms with Gasteiger partial charge in [0, 0.05) is 12.3 Å². The number of rotatable bonds is 2. The van der Waals surface area contributed by atoms with E-state index in [4.69, 9.17) is 0 Å². The van der Waals surface area contributed by atoms with Crippen molar-refractivity contribution in [3.63, 3.8) is 0 Å². The first-order chi connectivity index (χ1) is 8.31. The number of hydrogen-bond donors (Lipinski definition) is 1. The highest BCUT2D eigenvalue weighted by Crippen LogP contribution is 2.14. The normalized spacial score (nSPS) is 10.6. The SMILES string of the molecule is Cc1cn2ncc(Nc3ccccn3)cc2n1. The first-order valence-electron chi connectivity index (χ1n) is 5.31. The van der Waals surface area contributed by atoms with Gasteiger partial charge in [-0.3, -0.25) is 0 Å². The largest absolute Gasteiger partial charge is 0.339 e. The summed E-state index contributed by atoms with van der Waals surface area (Å²) in [6.45, 7) is 1.94. The van der Waals surface area contributed by atoms with Gasteiger partial charge in [0.1, 0.15) is 5.82 Å². The Morgan fingerprint density at radius 2 is 2.24 bits per heavy atom. The lowest BCUT2D eigenvalue weighted by molar-refractivity contribution is 0.935. The molecule has 84 valence electrons. The standard InChI is InChI=1S/C12H11N5/c1-9-8-17-12(15-9)6-10(7-14-17)16-11-4-2-3-5-13-11/h2-8H,1H3,(H,13,16). The second kappa shape index (κ2) is 3.86. The second-order valence-corrected chi connectivity index (χ2v) is 3.77. The molecule has 17 heavy (non-hydrogen) atoms. The molecule has 5 nitrogen and oxygen atoms in total. The van der Waals surface area contributed by atoms with Crippen LogP contribution in [0, 0.1) is 6.92 Å². The lowest BCUT2D eigenvalue weighted by atomic mass is 10.4. The smallest absolute Gasteiger partial charge is 0.155 e. The van der Waals surface area contributed by atoms with Crippen LogP contribution in [0.4, 0.5) is 11.5 Å². The Kier molecular flexibility index (Phi) is 2.22. The number of pyridine rings is 1. The van der Waals surface area contributed by atoms with E-state index in [0.29, 0.717) is 0 Å². The van der Waals surface area contributed by atoms with Crippen molar-refractivity contribution in [2.45, 2.75) is 6.92 Å². The third-order valence-electron chi connectivity index (χ3n) is 2.38. The summed E-state index contributed by atoms with van der Waals surface area (Å²) < 4.78 is 1.75. The molecule has 0 fully saturated rings. The predicted octanol–water partition coefficient (Wildman–Crippen LogP) is 2.18. The lowest BCUT2D eigenvalue weighted by Gasteiger charge is -2.04. The van der Waals surface area contributed by atoms with Crippen molar-refractivity contribution in [3.8, 4) is 0 Å². The fourth-order valence-corrected chi connectivity index (χ4v) is 1.65. The van der Waals surface area contributed by atoms with Crippen LogP contribution in [0.15, 0.2) is 42.9 Å². The van der Waals surface area contributed by atoms with Crippen LogP contribution in [0.2, 0.25) is 0 Å². The van der Waals surface area contributed by atoms with Crippen molar-refractivity contribution < 1.29 is 0 Å². The van der Waals surface area contributed by atoms with Crippen molar-refractivity contribution >= 4 is 17.2 Å². The third kappa shape index (κ3) is 1.94. The van der Waals surface area contributed by atoms with Gasteiger partial charge >= 0.3 is 0 Å². The topological polar surface area (TPSA) is 55.1 Å². The van der Waals surface area contributed by atoms with Gasteiger partial charge in [-0.2, -0.15) is 5.10 Å². The summed E-state index contributed by atoms with van der Waals surface area (Å²) in [5, 5.41) is 7.44. The molecule has 0 atom stereocenters. The number of imidazole rings is 1. The van der Waals surface area contributed by atoms with E-state index < -0.39 is 0 Å². The average molecular weight is 225 g/mol. The summed E-state index contributed by atoms with van der Waals surface area (Å²) in [4.78, 5) is 8.55. The van der Waals surface area contributed by atoms with E-state index in [9.17, 15) is 0 Å². The van der Waals surface area contributed by atoms with Gasteiger partial charge in [-0.05, 0) is 19.1 Å². The number of aryl methyl sites for hydroxylation is 1. The predicted molar refractivity (Wildman–Crippen MR) is 65.2 cm³/mol. The summed E-state index contributed by atoms with van der Waals surface area (Å²) in [6, 6.07) is 7.65. The van der Waals surface area contributed by atoms with Crippen LogP contribution in [0.1, 0.15) is 5.69 Å². The Hall–Kier alpha value is -2.43. The summed E-state index contributed by atoms with van der Waals surface area (Å²) >= 11 is 0. The molecular formula is C12H11N5. The van der Waals surface area contributed by atoms with E-state index >= 15 is 0 Å². The molecule has 0 saturated carbocycles. The quantitative estimate of drug-likeness (QED) is 0.726. The highest BCUT2D eigenvalue weighted by atomic mass is 15.2. The molecule has 0 aromatic carbocycles. The summed E-state index contributed by atoms with van der Waals surface area (Å²) in [6.07, 6.45) is 5.39. The fraction of sp³-hybridized carbons (Fsp3) is 0.0833. The number of anilines is 2. The van der Waals surface area contributed by atoms with E-state index in [1.165, 1.54) is 0 Å². The zero-order valence-corrected chi connectivity index (χ0v) is 9.33. The van der Waals surface area contributed by atoms with Crippen LogP contribution in [-0.4, -0.2) is 19.6 Å². The molecule has 0 spiro atoms. The van der Waals surface area contributed by atoms with Gasteiger partial charge < -0.3 is 5.32 Å². The fourth-order valence-electron chi connectivity index (χ4n) is 1.65. The Balaban J connectivity index is 1.95. The molecule has 0 aliphatic rings. The maximum absolute atomic E-state index is 4.36. The van der Waals surface area contributed by atoms with Crippen molar-refractivity contribution in [1.29, 1.82) is 0 Å². The van der Waals surface area contributed by atoms with E-state index in [0.717, 1.165) is 22.8 Å². The van der Waals surface area contributed by atoms with Gasteiger partial charge in [0.25, 0.3) is 0 Å². The van der Waals surface area contributed by atoms with E-state index in [1.807, 2.05) is 37.4 Å². The third-order valence-corrected chi connectivity index (χ3v) is 2.38. The molecule has 0 radical (unpaired) electrons. The van der Waals surface area contributed by atoms with Gasteiger partial charge in [0.2, 0.25) is 0 Å². The van der Waals surface area contributed by atoms with Crippen LogP contribution >= 0.6 is 0 Å². The Morgan fingerprint density at radius 3 is 3.06 bits per heavy atom. The zero-order valence-electron chi connectivity index (χ0n) is 9.33. The molecule has 3 heterocycles. The molecule has 3 aromatic heterocycles. The Morgan fingerprint density at radius 1 is 1.29 bits per heavy atom. The summed E-state index contributed by atoms with van der Waals surface area (Å²) in [5.41, 5.74) is 2.65. The molecule has 1 N–H and O–H groups in total. The number of nitrogens with zero attached hydrogens (tertiary/aromatic N) is 4. The van der Waals surface area contributed by atoms with Gasteiger partial charge in [0.05, 0.1) is 23.8 Å². The number of nitrogens with one attached hydrogen (secondary N) is 1. The van der Waals surface area contributed by atoms with Crippen molar-refractivity contribution in [2.75, 3.05) is 5.32 Å². The van der Waals surface area contributed by atoms with Crippen molar-refractivity contribution in [3.05, 3.63) is 48.5 Å². The average Bonchev–Trinajstić information content (AvgIpc) is 2.70. The minimum atomic E-state index is 0.793.